The van der Waals surface area contributed by atoms with Gasteiger partial charge in [0.25, 0.3) is 0 Å². The first-order valence-corrected chi connectivity index (χ1v) is 12.0. The number of pyridine rings is 1. The van der Waals surface area contributed by atoms with Gasteiger partial charge in [0.2, 0.25) is 25.0 Å². The summed E-state index contributed by atoms with van der Waals surface area (Å²) in [4.78, 5) is 13.3. The van der Waals surface area contributed by atoms with Crippen LogP contribution in [0.15, 0.2) is 30.8 Å². The molecule has 3 aliphatic heterocycles. The summed E-state index contributed by atoms with van der Waals surface area (Å²) in [5, 5.41) is 1.95. The van der Waals surface area contributed by atoms with Crippen LogP contribution in [0.1, 0.15) is 49.4 Å². The number of fused-ring (bicyclic) bond motifs is 7. The Morgan fingerprint density at radius 1 is 1.03 bits per heavy atom. The number of benzene rings is 2. The van der Waals surface area contributed by atoms with E-state index >= 15 is 0 Å². The lowest BCUT2D eigenvalue weighted by Gasteiger charge is -2.22. The molecule has 0 aliphatic carbocycles. The van der Waals surface area contributed by atoms with Crippen LogP contribution in [0.3, 0.4) is 0 Å². The zero-order chi connectivity index (χ0) is 23.4. The van der Waals surface area contributed by atoms with E-state index < -0.39 is 0 Å². The second-order valence-electron chi connectivity index (χ2n) is 9.17. The monoisotopic (exact) mass is 458 g/mol. The molecule has 0 N–H and O–H groups in total. The minimum Gasteiger partial charge on any atom is -0.454 e. The van der Waals surface area contributed by atoms with Crippen molar-refractivity contribution >= 4 is 22.1 Å². The zero-order valence-electron chi connectivity index (χ0n) is 19.7. The maximum atomic E-state index is 13.3. The fourth-order valence-corrected chi connectivity index (χ4v) is 5.44. The second-order valence-corrected chi connectivity index (χ2v) is 9.17. The van der Waals surface area contributed by atoms with Gasteiger partial charge in [0.15, 0.2) is 35.3 Å². The van der Waals surface area contributed by atoms with Crippen molar-refractivity contribution in [2.45, 2.75) is 52.5 Å². The lowest BCUT2D eigenvalue weighted by atomic mass is 9.88. The number of ketones is 1. The fraction of sp³-hybridized carbons (Fsp3) is 0.357. The van der Waals surface area contributed by atoms with Crippen LogP contribution in [0, 0.1) is 6.92 Å². The molecule has 0 atom stereocenters. The van der Waals surface area contributed by atoms with Gasteiger partial charge in [0, 0.05) is 23.8 Å². The smallest absolute Gasteiger partial charge is 0.231 e. The highest BCUT2D eigenvalue weighted by Gasteiger charge is 2.37. The molecule has 0 saturated heterocycles. The third kappa shape index (κ3) is 3.08. The number of Topliss-reactive ketones (excluding diaryl/α,β-unsaturated/α-hetero) is 1. The van der Waals surface area contributed by atoms with Crippen molar-refractivity contribution in [1.82, 2.24) is 0 Å². The van der Waals surface area contributed by atoms with Crippen LogP contribution in [-0.4, -0.2) is 19.4 Å². The van der Waals surface area contributed by atoms with Gasteiger partial charge in [-0.2, -0.15) is 4.57 Å². The maximum Gasteiger partial charge on any atom is 0.231 e. The summed E-state index contributed by atoms with van der Waals surface area (Å²) < 4.78 is 25.2. The Morgan fingerprint density at radius 3 is 2.62 bits per heavy atom. The van der Waals surface area contributed by atoms with Crippen LogP contribution in [0.2, 0.25) is 0 Å². The number of allylic oxidation sites excluding steroid dienone is 1. The van der Waals surface area contributed by atoms with Gasteiger partial charge in [-0.1, -0.05) is 26.3 Å². The van der Waals surface area contributed by atoms with E-state index in [1.165, 1.54) is 5.56 Å². The highest BCUT2D eigenvalue weighted by Crippen LogP contribution is 2.46. The maximum absolute atomic E-state index is 13.3. The summed E-state index contributed by atoms with van der Waals surface area (Å²) in [5.74, 6) is 3.05. The van der Waals surface area contributed by atoms with Crippen LogP contribution in [0.4, 0.5) is 0 Å². The summed E-state index contributed by atoms with van der Waals surface area (Å²) in [6.45, 7) is 9.75. The SMILES string of the molecule is C=C(C(=O)CCCCC)c1c2c3c(ccc2c(C)c2[n+]1CCc1cc4c(cc1-2)OCO4)OCO3. The normalized spacial score (nSPS) is 14.8. The van der Waals surface area contributed by atoms with Gasteiger partial charge in [-0.05, 0) is 43.2 Å². The average molecular weight is 459 g/mol. The predicted molar refractivity (Wildman–Crippen MR) is 128 cm³/mol. The molecule has 6 rings (SSSR count). The summed E-state index contributed by atoms with van der Waals surface area (Å²) in [6, 6.07) is 8.19. The van der Waals surface area contributed by atoms with Gasteiger partial charge in [0.1, 0.15) is 5.39 Å². The van der Waals surface area contributed by atoms with Crippen molar-refractivity contribution < 1.29 is 28.3 Å². The molecule has 3 aromatic rings. The van der Waals surface area contributed by atoms with Crippen molar-refractivity contribution in [2.75, 3.05) is 13.6 Å². The molecule has 2 aromatic carbocycles. The molecule has 1 aromatic heterocycles. The standard InChI is InChI=1S/C28H28NO5/c1-4-5-6-7-21(30)17(3)27-25-19(8-9-22-28(25)34-15-31-22)16(2)26-20-13-24-23(32-14-33-24)12-18(20)10-11-29(26)27/h8-9,12-13H,3-7,10-11,14-15H2,1-2H3/q+1. The molecule has 0 saturated carbocycles. The summed E-state index contributed by atoms with van der Waals surface area (Å²) in [5.41, 5.74) is 5.92. The Labute approximate surface area is 198 Å². The number of carbonyl (C=O) groups excluding carboxylic acids is 1. The van der Waals surface area contributed by atoms with Crippen LogP contribution in [0.25, 0.3) is 27.6 Å². The van der Waals surface area contributed by atoms with E-state index in [0.29, 0.717) is 23.5 Å². The van der Waals surface area contributed by atoms with Crippen molar-refractivity contribution in [1.29, 1.82) is 0 Å². The van der Waals surface area contributed by atoms with Crippen molar-refractivity contribution in [3.63, 3.8) is 0 Å². The Kier molecular flexibility index (Phi) is 4.97. The first kappa shape index (κ1) is 21.0. The minimum atomic E-state index is 0.0845. The highest BCUT2D eigenvalue weighted by atomic mass is 16.7. The number of ether oxygens (including phenoxy) is 4. The molecule has 0 amide bonds. The molecule has 0 unspecified atom stereocenters. The van der Waals surface area contributed by atoms with Crippen LogP contribution < -0.4 is 23.5 Å². The van der Waals surface area contributed by atoms with E-state index in [9.17, 15) is 4.79 Å². The number of hydrogen-bond acceptors (Lipinski definition) is 5. The van der Waals surface area contributed by atoms with E-state index in [4.69, 9.17) is 18.9 Å². The molecular formula is C28H28NO5+. The molecule has 6 heteroatoms. The van der Waals surface area contributed by atoms with Gasteiger partial charge >= 0.3 is 0 Å². The van der Waals surface area contributed by atoms with Crippen LogP contribution >= 0.6 is 0 Å². The molecule has 3 aliphatic rings. The molecule has 6 nitrogen and oxygen atoms in total. The van der Waals surface area contributed by atoms with Gasteiger partial charge in [-0.25, -0.2) is 0 Å². The molecule has 4 heterocycles. The first-order chi connectivity index (χ1) is 16.6. The number of rotatable bonds is 6. The number of carbonyl (C=O) groups is 1. The molecule has 0 radical (unpaired) electrons. The van der Waals surface area contributed by atoms with Crippen LogP contribution in [-0.2, 0) is 17.8 Å². The number of aryl methyl sites for hydroxylation is 2. The lowest BCUT2D eigenvalue weighted by molar-refractivity contribution is -0.688. The predicted octanol–water partition coefficient (Wildman–Crippen LogP) is 5.28. The van der Waals surface area contributed by atoms with Crippen molar-refractivity contribution in [2.24, 2.45) is 0 Å². The van der Waals surface area contributed by atoms with Crippen molar-refractivity contribution in [3.8, 4) is 34.3 Å². The topological polar surface area (TPSA) is 57.9 Å². The molecule has 0 spiro atoms. The Hall–Kier alpha value is -3.54. The van der Waals surface area contributed by atoms with Gasteiger partial charge in [-0.3, -0.25) is 4.79 Å². The third-order valence-electron chi connectivity index (χ3n) is 7.16. The summed E-state index contributed by atoms with van der Waals surface area (Å²) in [7, 11) is 0. The average Bonchev–Trinajstić information content (AvgIpc) is 3.51. The molecule has 174 valence electrons. The Bertz CT molecular complexity index is 1370. The highest BCUT2D eigenvalue weighted by molar-refractivity contribution is 6.22. The molecular weight excluding hydrogens is 430 g/mol. The van der Waals surface area contributed by atoms with Gasteiger partial charge < -0.3 is 18.9 Å². The quantitative estimate of drug-likeness (QED) is 0.286. The Morgan fingerprint density at radius 2 is 1.79 bits per heavy atom. The van der Waals surface area contributed by atoms with E-state index in [0.717, 1.165) is 77.0 Å². The van der Waals surface area contributed by atoms with Gasteiger partial charge in [0.05, 0.1) is 11.1 Å². The largest absolute Gasteiger partial charge is 0.454 e. The lowest BCUT2D eigenvalue weighted by Crippen LogP contribution is -2.45. The third-order valence-corrected chi connectivity index (χ3v) is 7.16. The van der Waals surface area contributed by atoms with E-state index in [1.807, 2.05) is 6.07 Å². The number of nitrogens with zero attached hydrogens (tertiary/aromatic N) is 1. The number of hydrogen-bond donors (Lipinski definition) is 0. The Balaban J connectivity index is 1.61. The van der Waals surface area contributed by atoms with E-state index in [1.54, 1.807) is 0 Å². The summed E-state index contributed by atoms with van der Waals surface area (Å²) >= 11 is 0. The minimum absolute atomic E-state index is 0.0845. The second kappa shape index (κ2) is 8.05. The van der Waals surface area contributed by atoms with Crippen molar-refractivity contribution in [3.05, 3.63) is 47.7 Å². The van der Waals surface area contributed by atoms with E-state index in [-0.39, 0.29) is 19.4 Å². The van der Waals surface area contributed by atoms with Gasteiger partial charge in [-0.15, -0.1) is 0 Å². The molecule has 0 bridgehead atoms. The fourth-order valence-electron chi connectivity index (χ4n) is 5.44. The number of aromatic nitrogens is 1. The van der Waals surface area contributed by atoms with E-state index in [2.05, 4.69) is 43.2 Å². The summed E-state index contributed by atoms with van der Waals surface area (Å²) in [6.07, 6.45) is 4.30. The molecule has 34 heavy (non-hydrogen) atoms. The number of unbranched alkanes of at least 4 members (excludes halogenated alkanes) is 2. The molecule has 0 fully saturated rings. The first-order valence-electron chi connectivity index (χ1n) is 12.0. The zero-order valence-corrected chi connectivity index (χ0v) is 19.7. The van der Waals surface area contributed by atoms with Crippen LogP contribution in [0.5, 0.6) is 23.0 Å².